The van der Waals surface area contributed by atoms with Crippen molar-refractivity contribution in [1.29, 1.82) is 0 Å². The van der Waals surface area contributed by atoms with Gasteiger partial charge in [-0.25, -0.2) is 4.90 Å². The topological polar surface area (TPSA) is 69.6 Å². The van der Waals surface area contributed by atoms with Gasteiger partial charge in [-0.3, -0.25) is 9.59 Å². The van der Waals surface area contributed by atoms with Crippen molar-refractivity contribution in [3.8, 4) is 0 Å². The first-order valence-electron chi connectivity index (χ1n) is 6.60. The molecule has 0 aromatic heterocycles. The molecule has 1 aromatic rings. The number of hydrogen-bond donors (Lipinski definition) is 2. The highest BCUT2D eigenvalue weighted by molar-refractivity contribution is 9.10. The van der Waals surface area contributed by atoms with Crippen LogP contribution in [-0.4, -0.2) is 36.1 Å². The molecule has 1 saturated heterocycles. The van der Waals surface area contributed by atoms with E-state index in [9.17, 15) is 9.59 Å². The van der Waals surface area contributed by atoms with Gasteiger partial charge in [0.2, 0.25) is 5.91 Å². The number of carbonyl (C=O) groups excluding carboxylic acids is 2. The number of nitrogens with zero attached hydrogens (tertiary/aromatic N) is 1. The van der Waals surface area contributed by atoms with E-state index in [1.165, 1.54) is 4.90 Å². The van der Waals surface area contributed by atoms with Crippen molar-refractivity contribution in [2.75, 3.05) is 18.1 Å². The molecular weight excluding hydrogens is 324 g/mol. The van der Waals surface area contributed by atoms with Gasteiger partial charge in [0.05, 0.1) is 18.2 Å². The maximum Gasteiger partial charge on any atom is 0.251 e. The first-order valence-corrected chi connectivity index (χ1v) is 7.39. The summed E-state index contributed by atoms with van der Waals surface area (Å²) in [5.74, 6) is -0.390. The molecule has 0 saturated carbocycles. The van der Waals surface area contributed by atoms with Crippen molar-refractivity contribution >= 4 is 33.4 Å². The molecule has 1 aromatic carbocycles. The number of halogens is 1. The minimum atomic E-state index is -0.454. The van der Waals surface area contributed by atoms with Crippen LogP contribution in [0.25, 0.3) is 0 Å². The van der Waals surface area contributed by atoms with Gasteiger partial charge in [0.15, 0.2) is 0 Å². The number of aliphatic hydroxyl groups is 1. The lowest BCUT2D eigenvalue weighted by atomic mass is 10.2. The molecular formula is C14H17BrN2O3. The maximum atomic E-state index is 12.2. The second-order valence-corrected chi connectivity index (χ2v) is 5.60. The van der Waals surface area contributed by atoms with Crippen LogP contribution >= 0.6 is 15.9 Å². The van der Waals surface area contributed by atoms with Crippen LogP contribution in [-0.2, 0) is 9.59 Å². The van der Waals surface area contributed by atoms with Crippen molar-refractivity contribution in [1.82, 2.24) is 5.32 Å². The monoisotopic (exact) mass is 340 g/mol. The third-order valence-electron chi connectivity index (χ3n) is 3.21. The lowest BCUT2D eigenvalue weighted by Crippen LogP contribution is -2.39. The number of aliphatic hydroxyl groups excluding tert-OH is 1. The van der Waals surface area contributed by atoms with Crippen LogP contribution in [0.15, 0.2) is 28.7 Å². The van der Waals surface area contributed by atoms with E-state index in [4.69, 9.17) is 5.11 Å². The Morgan fingerprint density at radius 3 is 2.60 bits per heavy atom. The predicted molar refractivity (Wildman–Crippen MR) is 79.4 cm³/mol. The molecule has 20 heavy (non-hydrogen) atoms. The Morgan fingerprint density at radius 1 is 1.25 bits per heavy atom. The van der Waals surface area contributed by atoms with Gasteiger partial charge in [-0.1, -0.05) is 15.9 Å². The molecule has 0 spiro atoms. The first-order chi connectivity index (χ1) is 9.63. The molecule has 0 bridgehead atoms. The van der Waals surface area contributed by atoms with Gasteiger partial charge in [0.1, 0.15) is 0 Å². The normalized spacial score (nSPS) is 18.9. The van der Waals surface area contributed by atoms with Crippen LogP contribution in [0.3, 0.4) is 0 Å². The zero-order valence-corrected chi connectivity index (χ0v) is 12.6. The molecule has 1 aliphatic rings. The quantitative estimate of drug-likeness (QED) is 0.607. The number of hydrogen-bond acceptors (Lipinski definition) is 4. The SMILES string of the molecule is O=C1C[C@@H](NCCCCO)C(=O)N1c1ccc(Br)cc1. The van der Waals surface area contributed by atoms with E-state index in [0.717, 1.165) is 10.9 Å². The fourth-order valence-corrected chi connectivity index (χ4v) is 2.43. The molecule has 6 heteroatoms. The fraction of sp³-hybridized carbons (Fsp3) is 0.429. The third-order valence-corrected chi connectivity index (χ3v) is 3.74. The first kappa shape index (κ1) is 15.2. The van der Waals surface area contributed by atoms with Crippen LogP contribution in [0.1, 0.15) is 19.3 Å². The molecule has 1 atom stereocenters. The van der Waals surface area contributed by atoms with Gasteiger partial charge >= 0.3 is 0 Å². The average molecular weight is 341 g/mol. The Bertz CT molecular complexity index is 490. The van der Waals surface area contributed by atoms with E-state index in [-0.39, 0.29) is 24.8 Å². The summed E-state index contributed by atoms with van der Waals surface area (Å²) in [5, 5.41) is 11.8. The van der Waals surface area contributed by atoms with Crippen molar-refractivity contribution in [3.05, 3.63) is 28.7 Å². The number of benzene rings is 1. The molecule has 2 N–H and O–H groups in total. The van der Waals surface area contributed by atoms with Gasteiger partial charge in [0, 0.05) is 11.1 Å². The number of nitrogens with one attached hydrogen (secondary N) is 1. The fourth-order valence-electron chi connectivity index (χ4n) is 2.17. The third kappa shape index (κ3) is 3.45. The smallest absolute Gasteiger partial charge is 0.251 e. The second kappa shape index (κ2) is 6.97. The van der Waals surface area contributed by atoms with E-state index in [1.54, 1.807) is 24.3 Å². The molecule has 2 rings (SSSR count). The number of imide groups is 1. The number of carbonyl (C=O) groups is 2. The summed E-state index contributed by atoms with van der Waals surface area (Å²) in [6.45, 7) is 0.767. The summed E-state index contributed by atoms with van der Waals surface area (Å²) in [6.07, 6.45) is 1.67. The van der Waals surface area contributed by atoms with Gasteiger partial charge in [-0.05, 0) is 43.7 Å². The zero-order valence-electron chi connectivity index (χ0n) is 11.0. The largest absolute Gasteiger partial charge is 0.396 e. The summed E-state index contributed by atoms with van der Waals surface area (Å²) < 4.78 is 0.902. The maximum absolute atomic E-state index is 12.2. The van der Waals surface area contributed by atoms with E-state index in [1.807, 2.05) is 0 Å². The molecule has 0 radical (unpaired) electrons. The summed E-state index contributed by atoms with van der Waals surface area (Å²) >= 11 is 3.32. The molecule has 108 valence electrons. The Balaban J connectivity index is 2.00. The molecule has 0 aliphatic carbocycles. The molecule has 1 aliphatic heterocycles. The lowest BCUT2D eigenvalue weighted by Gasteiger charge is -2.15. The number of amides is 2. The summed E-state index contributed by atoms with van der Waals surface area (Å²) in [7, 11) is 0. The summed E-state index contributed by atoms with van der Waals surface area (Å²) in [5.41, 5.74) is 0.600. The Kier molecular flexibility index (Phi) is 5.28. The Morgan fingerprint density at radius 2 is 1.95 bits per heavy atom. The van der Waals surface area contributed by atoms with Crippen LogP contribution < -0.4 is 10.2 Å². The van der Waals surface area contributed by atoms with Crippen LogP contribution in [0.4, 0.5) is 5.69 Å². The van der Waals surface area contributed by atoms with Gasteiger partial charge in [-0.2, -0.15) is 0 Å². The van der Waals surface area contributed by atoms with E-state index in [0.29, 0.717) is 18.7 Å². The van der Waals surface area contributed by atoms with Crippen molar-refractivity contribution in [2.24, 2.45) is 0 Å². The van der Waals surface area contributed by atoms with Crippen LogP contribution in [0.2, 0.25) is 0 Å². The lowest BCUT2D eigenvalue weighted by molar-refractivity contribution is -0.121. The Labute approximate surface area is 126 Å². The van der Waals surface area contributed by atoms with Crippen molar-refractivity contribution in [2.45, 2.75) is 25.3 Å². The highest BCUT2D eigenvalue weighted by atomic mass is 79.9. The summed E-state index contributed by atoms with van der Waals surface area (Å²) in [6, 6.07) is 6.64. The van der Waals surface area contributed by atoms with Crippen LogP contribution in [0, 0.1) is 0 Å². The minimum Gasteiger partial charge on any atom is -0.396 e. The zero-order chi connectivity index (χ0) is 14.5. The molecule has 2 amide bonds. The standard InChI is InChI=1S/C14H17BrN2O3/c15-10-3-5-11(6-4-10)17-13(19)9-12(14(17)20)16-7-1-2-8-18/h3-6,12,16,18H,1-2,7-9H2/t12-/m1/s1. The second-order valence-electron chi connectivity index (χ2n) is 4.69. The number of anilines is 1. The Hall–Kier alpha value is -1.24. The number of rotatable bonds is 6. The molecule has 1 heterocycles. The highest BCUT2D eigenvalue weighted by Gasteiger charge is 2.38. The minimum absolute atomic E-state index is 0.143. The summed E-state index contributed by atoms with van der Waals surface area (Å²) in [4.78, 5) is 25.5. The van der Waals surface area contributed by atoms with Crippen molar-refractivity contribution in [3.63, 3.8) is 0 Å². The molecule has 1 fully saturated rings. The molecule has 5 nitrogen and oxygen atoms in total. The average Bonchev–Trinajstić information content (AvgIpc) is 2.71. The van der Waals surface area contributed by atoms with E-state index < -0.39 is 6.04 Å². The molecule has 0 unspecified atom stereocenters. The predicted octanol–water partition coefficient (Wildman–Crippen LogP) is 1.44. The van der Waals surface area contributed by atoms with Gasteiger partial charge in [-0.15, -0.1) is 0 Å². The highest BCUT2D eigenvalue weighted by Crippen LogP contribution is 2.24. The van der Waals surface area contributed by atoms with E-state index >= 15 is 0 Å². The number of unbranched alkanes of at least 4 members (excludes halogenated alkanes) is 1. The van der Waals surface area contributed by atoms with Gasteiger partial charge < -0.3 is 10.4 Å². The van der Waals surface area contributed by atoms with E-state index in [2.05, 4.69) is 21.2 Å². The van der Waals surface area contributed by atoms with Crippen molar-refractivity contribution < 1.29 is 14.7 Å². The van der Waals surface area contributed by atoms with Gasteiger partial charge in [0.25, 0.3) is 5.91 Å². The van der Waals surface area contributed by atoms with Crippen LogP contribution in [0.5, 0.6) is 0 Å².